The van der Waals surface area contributed by atoms with Crippen LogP contribution in [0.15, 0.2) is 41.0 Å². The molecule has 1 aliphatic rings. The first-order valence-electron chi connectivity index (χ1n) is 7.82. The lowest BCUT2D eigenvalue weighted by atomic mass is 9.87. The van der Waals surface area contributed by atoms with Crippen LogP contribution in [-0.4, -0.2) is 11.1 Å². The van der Waals surface area contributed by atoms with E-state index >= 15 is 0 Å². The monoisotopic (exact) mass is 285 g/mol. The number of hydrogen-bond donors (Lipinski definition) is 2. The van der Waals surface area contributed by atoms with E-state index in [0.29, 0.717) is 17.8 Å². The zero-order valence-corrected chi connectivity index (χ0v) is 12.5. The molecule has 0 spiro atoms. The van der Waals surface area contributed by atoms with Crippen LogP contribution in [-0.2, 0) is 12.8 Å². The number of phenolic OH excluding ortho intramolecular Hbond substituents is 1. The Labute approximate surface area is 126 Å². The van der Waals surface area contributed by atoms with Crippen molar-refractivity contribution in [1.29, 1.82) is 0 Å². The van der Waals surface area contributed by atoms with Crippen LogP contribution < -0.4 is 5.32 Å². The molecule has 1 aromatic heterocycles. The Kier molecular flexibility index (Phi) is 4.30. The average molecular weight is 285 g/mol. The summed E-state index contributed by atoms with van der Waals surface area (Å²) in [5.74, 6) is 1.41. The van der Waals surface area contributed by atoms with Gasteiger partial charge in [-0.25, -0.2) is 0 Å². The highest BCUT2D eigenvalue weighted by Crippen LogP contribution is 2.32. The standard InChI is InChI=1S/C18H23NO2/c1-13(7-10-16-5-3-11-21-16)19-18-6-2-4-14-8-9-15(20)12-17(14)18/h3,5,8-9,11-13,18-20H,2,4,6-7,10H2,1H3. The number of aryl methyl sites for hydroxylation is 2. The van der Waals surface area contributed by atoms with Crippen molar-refractivity contribution in [3.63, 3.8) is 0 Å². The van der Waals surface area contributed by atoms with Crippen LogP contribution >= 0.6 is 0 Å². The first-order valence-corrected chi connectivity index (χ1v) is 7.82. The second-order valence-corrected chi connectivity index (χ2v) is 6.01. The Morgan fingerprint density at radius 2 is 2.29 bits per heavy atom. The molecular formula is C18H23NO2. The molecule has 3 rings (SSSR count). The Hall–Kier alpha value is -1.74. The van der Waals surface area contributed by atoms with Gasteiger partial charge in [0.1, 0.15) is 11.5 Å². The lowest BCUT2D eigenvalue weighted by Gasteiger charge is -2.29. The molecule has 2 aromatic rings. The van der Waals surface area contributed by atoms with Gasteiger partial charge in [0.2, 0.25) is 0 Å². The van der Waals surface area contributed by atoms with Crippen LogP contribution in [0.4, 0.5) is 0 Å². The topological polar surface area (TPSA) is 45.4 Å². The minimum Gasteiger partial charge on any atom is -0.508 e. The van der Waals surface area contributed by atoms with E-state index in [1.807, 2.05) is 18.2 Å². The quantitative estimate of drug-likeness (QED) is 0.873. The van der Waals surface area contributed by atoms with Crippen LogP contribution in [0.1, 0.15) is 49.1 Å². The Morgan fingerprint density at radius 3 is 3.10 bits per heavy atom. The van der Waals surface area contributed by atoms with E-state index in [1.165, 1.54) is 17.5 Å². The van der Waals surface area contributed by atoms with Gasteiger partial charge in [-0.15, -0.1) is 0 Å². The molecule has 0 bridgehead atoms. The zero-order chi connectivity index (χ0) is 14.7. The second kappa shape index (κ2) is 6.35. The van der Waals surface area contributed by atoms with Gasteiger partial charge in [-0.3, -0.25) is 0 Å². The molecule has 3 nitrogen and oxygen atoms in total. The summed E-state index contributed by atoms with van der Waals surface area (Å²) in [7, 11) is 0. The van der Waals surface area contributed by atoms with Crippen LogP contribution in [0.3, 0.4) is 0 Å². The Bertz CT molecular complexity index is 577. The van der Waals surface area contributed by atoms with Crippen molar-refractivity contribution in [2.24, 2.45) is 0 Å². The molecule has 0 saturated carbocycles. The van der Waals surface area contributed by atoms with Gasteiger partial charge >= 0.3 is 0 Å². The van der Waals surface area contributed by atoms with Crippen molar-refractivity contribution in [3.8, 4) is 5.75 Å². The predicted molar refractivity (Wildman–Crippen MR) is 83.4 cm³/mol. The van der Waals surface area contributed by atoms with E-state index in [0.717, 1.165) is 31.4 Å². The summed E-state index contributed by atoms with van der Waals surface area (Å²) in [6.45, 7) is 2.22. The Morgan fingerprint density at radius 1 is 1.38 bits per heavy atom. The lowest BCUT2D eigenvalue weighted by Crippen LogP contribution is -2.33. The van der Waals surface area contributed by atoms with E-state index in [4.69, 9.17) is 4.42 Å². The molecule has 0 amide bonds. The van der Waals surface area contributed by atoms with Crippen LogP contribution in [0.25, 0.3) is 0 Å². The zero-order valence-electron chi connectivity index (χ0n) is 12.5. The summed E-state index contributed by atoms with van der Waals surface area (Å²) in [6, 6.07) is 10.5. The summed E-state index contributed by atoms with van der Waals surface area (Å²) >= 11 is 0. The highest BCUT2D eigenvalue weighted by molar-refractivity contribution is 5.38. The molecule has 2 N–H and O–H groups in total. The maximum atomic E-state index is 9.73. The molecule has 0 fully saturated rings. The number of furan rings is 1. The van der Waals surface area contributed by atoms with E-state index in [2.05, 4.69) is 18.3 Å². The maximum absolute atomic E-state index is 9.73. The molecular weight excluding hydrogens is 262 g/mol. The number of benzene rings is 1. The van der Waals surface area contributed by atoms with Gasteiger partial charge in [0.15, 0.2) is 0 Å². The first kappa shape index (κ1) is 14.2. The normalized spacial score (nSPS) is 19.2. The molecule has 0 radical (unpaired) electrons. The molecule has 1 heterocycles. The summed E-state index contributed by atoms with van der Waals surface area (Å²) < 4.78 is 5.39. The number of fused-ring (bicyclic) bond motifs is 1. The van der Waals surface area contributed by atoms with Gasteiger partial charge in [-0.1, -0.05) is 6.07 Å². The smallest absolute Gasteiger partial charge is 0.115 e. The van der Waals surface area contributed by atoms with Crippen molar-refractivity contribution < 1.29 is 9.52 Å². The number of nitrogens with one attached hydrogen (secondary N) is 1. The fourth-order valence-corrected chi connectivity index (χ4v) is 3.20. The molecule has 3 heteroatoms. The summed E-state index contributed by atoms with van der Waals surface area (Å²) in [5, 5.41) is 13.4. The minimum atomic E-state index is 0.354. The number of hydrogen-bond acceptors (Lipinski definition) is 3. The largest absolute Gasteiger partial charge is 0.508 e. The van der Waals surface area contributed by atoms with Gasteiger partial charge in [0.05, 0.1) is 6.26 Å². The van der Waals surface area contributed by atoms with Gasteiger partial charge < -0.3 is 14.8 Å². The second-order valence-electron chi connectivity index (χ2n) is 6.01. The van der Waals surface area contributed by atoms with Crippen molar-refractivity contribution in [3.05, 3.63) is 53.5 Å². The summed E-state index contributed by atoms with van der Waals surface area (Å²) in [6.07, 6.45) is 7.21. The SMILES string of the molecule is CC(CCc1ccco1)NC1CCCc2ccc(O)cc21. The molecule has 0 saturated heterocycles. The minimum absolute atomic E-state index is 0.354. The van der Waals surface area contributed by atoms with E-state index in [-0.39, 0.29) is 0 Å². The van der Waals surface area contributed by atoms with Crippen LogP contribution in [0.2, 0.25) is 0 Å². The van der Waals surface area contributed by atoms with Crippen molar-refractivity contribution in [2.45, 2.75) is 51.1 Å². The fraction of sp³-hybridized carbons (Fsp3) is 0.444. The molecule has 112 valence electrons. The fourth-order valence-electron chi connectivity index (χ4n) is 3.20. The number of rotatable bonds is 5. The van der Waals surface area contributed by atoms with E-state index in [1.54, 1.807) is 12.3 Å². The van der Waals surface area contributed by atoms with Crippen LogP contribution in [0, 0.1) is 0 Å². The predicted octanol–water partition coefficient (Wildman–Crippen LogP) is 3.97. The van der Waals surface area contributed by atoms with Gasteiger partial charge in [0.25, 0.3) is 0 Å². The third kappa shape index (κ3) is 3.48. The van der Waals surface area contributed by atoms with Gasteiger partial charge in [0, 0.05) is 18.5 Å². The highest BCUT2D eigenvalue weighted by Gasteiger charge is 2.21. The highest BCUT2D eigenvalue weighted by atomic mass is 16.3. The van der Waals surface area contributed by atoms with E-state index in [9.17, 15) is 5.11 Å². The summed E-state index contributed by atoms with van der Waals surface area (Å²) in [5.41, 5.74) is 2.64. The number of aromatic hydroxyl groups is 1. The van der Waals surface area contributed by atoms with Gasteiger partial charge in [-0.2, -0.15) is 0 Å². The van der Waals surface area contributed by atoms with Crippen molar-refractivity contribution in [2.75, 3.05) is 0 Å². The van der Waals surface area contributed by atoms with Gasteiger partial charge in [-0.05, 0) is 68.0 Å². The Balaban J connectivity index is 1.61. The summed E-state index contributed by atoms with van der Waals surface area (Å²) in [4.78, 5) is 0. The van der Waals surface area contributed by atoms with Crippen molar-refractivity contribution in [1.82, 2.24) is 5.32 Å². The molecule has 1 aliphatic carbocycles. The first-order chi connectivity index (χ1) is 10.2. The maximum Gasteiger partial charge on any atom is 0.115 e. The third-order valence-electron chi connectivity index (χ3n) is 4.33. The van der Waals surface area contributed by atoms with Crippen LogP contribution in [0.5, 0.6) is 5.75 Å². The number of phenols is 1. The molecule has 0 aliphatic heterocycles. The molecule has 21 heavy (non-hydrogen) atoms. The average Bonchev–Trinajstić information content (AvgIpc) is 2.99. The molecule has 2 atom stereocenters. The van der Waals surface area contributed by atoms with E-state index < -0.39 is 0 Å². The third-order valence-corrected chi connectivity index (χ3v) is 4.33. The molecule has 1 aromatic carbocycles. The lowest BCUT2D eigenvalue weighted by molar-refractivity contribution is 0.383. The van der Waals surface area contributed by atoms with Crippen molar-refractivity contribution >= 4 is 0 Å². The molecule has 2 unspecified atom stereocenters.